The van der Waals surface area contributed by atoms with Crippen LogP contribution in [-0.2, 0) is 22.3 Å². The molecule has 28 heavy (non-hydrogen) atoms. The van der Waals surface area contributed by atoms with E-state index in [-0.39, 0.29) is 31.1 Å². The molecule has 0 unspecified atom stereocenters. The van der Waals surface area contributed by atoms with Crippen molar-refractivity contribution < 1.29 is 22.8 Å². The molecule has 0 bridgehead atoms. The summed E-state index contributed by atoms with van der Waals surface area (Å²) in [5.74, 6) is -0.324. The summed E-state index contributed by atoms with van der Waals surface area (Å²) in [5, 5.41) is 4.24. The highest BCUT2D eigenvalue weighted by molar-refractivity contribution is 6.31. The molecule has 2 rings (SSSR count). The van der Waals surface area contributed by atoms with Crippen molar-refractivity contribution in [2.45, 2.75) is 26.6 Å². The number of nitrogens with one attached hydrogen (secondary N) is 1. The first-order valence-corrected chi connectivity index (χ1v) is 8.81. The van der Waals surface area contributed by atoms with Gasteiger partial charge in [0, 0.05) is 24.7 Å². The van der Waals surface area contributed by atoms with Crippen molar-refractivity contribution >= 4 is 29.6 Å². The monoisotopic (exact) mass is 416 g/mol. The lowest BCUT2D eigenvalue weighted by Crippen LogP contribution is -2.50. The SMILES string of the molecule is CC(=N/NC=O)/C(=C(\C)Cl)N1CCN(Cc2ccccc2C(F)(F)F)C(=O)C1. The Morgan fingerprint density at radius 3 is 2.54 bits per heavy atom. The molecule has 2 amide bonds. The first-order chi connectivity index (χ1) is 13.1. The number of allylic oxidation sites excluding steroid dienone is 2. The van der Waals surface area contributed by atoms with Crippen molar-refractivity contribution in [3.8, 4) is 0 Å². The summed E-state index contributed by atoms with van der Waals surface area (Å²) in [6.07, 6.45) is -4.07. The van der Waals surface area contributed by atoms with E-state index in [1.54, 1.807) is 18.7 Å². The molecule has 0 saturated carbocycles. The molecule has 0 spiro atoms. The third-order valence-corrected chi connectivity index (χ3v) is 4.45. The van der Waals surface area contributed by atoms with Crippen LogP contribution in [0.1, 0.15) is 25.0 Å². The highest BCUT2D eigenvalue weighted by Gasteiger charge is 2.34. The predicted molar refractivity (Wildman–Crippen MR) is 99.3 cm³/mol. The molecular weight excluding hydrogens is 397 g/mol. The minimum atomic E-state index is -4.48. The molecule has 1 saturated heterocycles. The van der Waals surface area contributed by atoms with E-state index in [4.69, 9.17) is 11.6 Å². The van der Waals surface area contributed by atoms with Gasteiger partial charge in [-0.05, 0) is 25.5 Å². The molecule has 1 aliphatic heterocycles. The molecule has 1 N–H and O–H groups in total. The highest BCUT2D eigenvalue weighted by atomic mass is 35.5. The van der Waals surface area contributed by atoms with Gasteiger partial charge in [-0.2, -0.15) is 18.3 Å². The largest absolute Gasteiger partial charge is 0.416 e. The van der Waals surface area contributed by atoms with Crippen LogP contribution < -0.4 is 5.43 Å². The summed E-state index contributed by atoms with van der Waals surface area (Å²) < 4.78 is 39.5. The van der Waals surface area contributed by atoms with Gasteiger partial charge in [0.2, 0.25) is 12.3 Å². The Kier molecular flexibility index (Phi) is 7.06. The van der Waals surface area contributed by atoms with E-state index in [0.717, 1.165) is 6.07 Å². The molecule has 152 valence electrons. The van der Waals surface area contributed by atoms with Crippen LogP contribution in [0.25, 0.3) is 0 Å². The number of carbonyl (C=O) groups is 2. The number of amides is 2. The van der Waals surface area contributed by atoms with Crippen LogP contribution in [0.3, 0.4) is 0 Å². The summed E-state index contributed by atoms with van der Waals surface area (Å²) in [5.41, 5.74) is 2.41. The fraction of sp³-hybridized carbons (Fsp3) is 0.389. The van der Waals surface area contributed by atoms with Crippen LogP contribution in [0.15, 0.2) is 40.1 Å². The zero-order valence-electron chi connectivity index (χ0n) is 15.4. The standard InChI is InChI=1S/C18H20ClF3N4O2/c1-12(19)17(13(2)24-23-11-27)26-8-7-25(16(28)10-26)9-14-5-3-4-6-15(14)18(20,21)22/h3-6,11H,7-10H2,1-2H3,(H,23,27)/b17-12-,24-13-. The minimum Gasteiger partial charge on any atom is -0.358 e. The number of nitrogens with zero attached hydrogens (tertiary/aromatic N) is 3. The van der Waals surface area contributed by atoms with Gasteiger partial charge >= 0.3 is 6.18 Å². The van der Waals surface area contributed by atoms with Gasteiger partial charge in [0.1, 0.15) is 0 Å². The van der Waals surface area contributed by atoms with Crippen LogP contribution in [0.4, 0.5) is 13.2 Å². The number of benzene rings is 1. The number of hydrogen-bond donors (Lipinski definition) is 1. The number of hydrazone groups is 1. The predicted octanol–water partition coefficient (Wildman–Crippen LogP) is 2.94. The lowest BCUT2D eigenvalue weighted by atomic mass is 10.1. The maximum absolute atomic E-state index is 13.2. The second-order valence-corrected chi connectivity index (χ2v) is 6.78. The fourth-order valence-corrected chi connectivity index (χ4v) is 3.34. The number of alkyl halides is 3. The number of hydrogen-bond acceptors (Lipinski definition) is 4. The smallest absolute Gasteiger partial charge is 0.358 e. The van der Waals surface area contributed by atoms with Crippen molar-refractivity contribution in [3.05, 3.63) is 46.1 Å². The van der Waals surface area contributed by atoms with Crippen molar-refractivity contribution in [2.75, 3.05) is 19.6 Å². The van der Waals surface area contributed by atoms with Gasteiger partial charge in [0.25, 0.3) is 0 Å². The summed E-state index contributed by atoms with van der Waals surface area (Å²) in [6.45, 7) is 3.68. The topological polar surface area (TPSA) is 65.0 Å². The van der Waals surface area contributed by atoms with Gasteiger partial charge in [-0.1, -0.05) is 29.8 Å². The zero-order valence-corrected chi connectivity index (χ0v) is 16.1. The Bertz CT molecular complexity index is 804. The molecule has 0 radical (unpaired) electrons. The van der Waals surface area contributed by atoms with Crippen LogP contribution in [0.5, 0.6) is 0 Å². The number of rotatable bonds is 6. The maximum Gasteiger partial charge on any atom is 0.416 e. The molecule has 1 fully saturated rings. The van der Waals surface area contributed by atoms with E-state index >= 15 is 0 Å². The highest BCUT2D eigenvalue weighted by Crippen LogP contribution is 2.32. The Morgan fingerprint density at radius 2 is 1.96 bits per heavy atom. The van der Waals surface area contributed by atoms with E-state index < -0.39 is 11.7 Å². The van der Waals surface area contributed by atoms with E-state index in [0.29, 0.717) is 29.4 Å². The van der Waals surface area contributed by atoms with Crippen molar-refractivity contribution in [1.82, 2.24) is 15.2 Å². The fourth-order valence-electron chi connectivity index (χ4n) is 3.08. The van der Waals surface area contributed by atoms with Crippen molar-refractivity contribution in [1.29, 1.82) is 0 Å². The molecule has 10 heteroatoms. The normalized spacial score (nSPS) is 16.8. The molecule has 0 atom stereocenters. The lowest BCUT2D eigenvalue weighted by Gasteiger charge is -2.37. The second-order valence-electron chi connectivity index (χ2n) is 6.22. The molecule has 1 aliphatic rings. The summed E-state index contributed by atoms with van der Waals surface area (Å²) in [7, 11) is 0. The van der Waals surface area contributed by atoms with Crippen molar-refractivity contribution in [3.63, 3.8) is 0 Å². The van der Waals surface area contributed by atoms with Crippen LogP contribution >= 0.6 is 11.6 Å². The van der Waals surface area contributed by atoms with Crippen LogP contribution in [0.2, 0.25) is 0 Å². The number of carbonyl (C=O) groups excluding carboxylic acids is 2. The summed E-state index contributed by atoms with van der Waals surface area (Å²) in [4.78, 5) is 26.1. The van der Waals surface area contributed by atoms with E-state index in [1.165, 1.54) is 23.1 Å². The van der Waals surface area contributed by atoms with E-state index in [2.05, 4.69) is 10.5 Å². The van der Waals surface area contributed by atoms with Crippen molar-refractivity contribution in [2.24, 2.45) is 5.10 Å². The quantitative estimate of drug-likeness (QED) is 0.440. The molecule has 6 nitrogen and oxygen atoms in total. The maximum atomic E-state index is 13.2. The average Bonchev–Trinajstić information content (AvgIpc) is 2.61. The average molecular weight is 417 g/mol. The lowest BCUT2D eigenvalue weighted by molar-refractivity contribution is -0.141. The Balaban J connectivity index is 2.16. The molecular formula is C18H20ClF3N4O2. The molecule has 0 aliphatic carbocycles. The summed E-state index contributed by atoms with van der Waals surface area (Å²) >= 11 is 6.13. The van der Waals surface area contributed by atoms with Gasteiger partial charge in [-0.15, -0.1) is 0 Å². The zero-order chi connectivity index (χ0) is 20.9. The first kappa shape index (κ1) is 21.7. The molecule has 1 aromatic carbocycles. The Morgan fingerprint density at radius 1 is 1.29 bits per heavy atom. The molecule has 1 heterocycles. The van der Waals surface area contributed by atoms with Gasteiger partial charge < -0.3 is 9.80 Å². The van der Waals surface area contributed by atoms with Gasteiger partial charge in [0.15, 0.2) is 0 Å². The number of halogens is 4. The summed E-state index contributed by atoms with van der Waals surface area (Å²) in [6, 6.07) is 5.22. The number of piperazine rings is 1. The Hall–Kier alpha value is -2.55. The minimum absolute atomic E-state index is 0.0500. The third-order valence-electron chi connectivity index (χ3n) is 4.27. The Labute approximate surface area is 165 Å². The molecule has 1 aromatic rings. The van der Waals surface area contributed by atoms with Crippen LogP contribution in [0, 0.1) is 0 Å². The first-order valence-electron chi connectivity index (χ1n) is 8.43. The third kappa shape index (κ3) is 5.25. The van der Waals surface area contributed by atoms with Crippen LogP contribution in [-0.4, -0.2) is 47.5 Å². The van der Waals surface area contributed by atoms with Gasteiger partial charge in [-0.25, -0.2) is 5.43 Å². The molecule has 0 aromatic heterocycles. The van der Waals surface area contributed by atoms with E-state index in [1.807, 2.05) is 0 Å². The second kappa shape index (κ2) is 9.09. The van der Waals surface area contributed by atoms with Gasteiger partial charge in [-0.3, -0.25) is 9.59 Å². The van der Waals surface area contributed by atoms with E-state index in [9.17, 15) is 22.8 Å². The van der Waals surface area contributed by atoms with Gasteiger partial charge in [0.05, 0.1) is 23.5 Å².